The molecule has 0 radical (unpaired) electrons. The number of nitrogens with one attached hydrogen (secondary N) is 1. The van der Waals surface area contributed by atoms with Crippen molar-refractivity contribution in [2.45, 2.75) is 6.92 Å². The summed E-state index contributed by atoms with van der Waals surface area (Å²) in [4.78, 5) is 25.1. The van der Waals surface area contributed by atoms with Crippen LogP contribution in [0.15, 0.2) is 60.9 Å². The van der Waals surface area contributed by atoms with Crippen LogP contribution < -0.4 is 15.0 Å². The third kappa shape index (κ3) is 2.60. The number of benzene rings is 1. The summed E-state index contributed by atoms with van der Waals surface area (Å²) in [5, 5.41) is 3.91. The maximum absolute atomic E-state index is 12.8. The van der Waals surface area contributed by atoms with Crippen LogP contribution in [0.5, 0.6) is 11.5 Å². The van der Waals surface area contributed by atoms with Crippen LogP contribution in [0.2, 0.25) is 0 Å². The summed E-state index contributed by atoms with van der Waals surface area (Å²) in [6.45, 7) is 1.98. The van der Waals surface area contributed by atoms with Crippen LogP contribution in [-0.2, 0) is 0 Å². The maximum Gasteiger partial charge on any atom is 0.332 e. The molecule has 0 atom stereocenters. The second kappa shape index (κ2) is 6.07. The van der Waals surface area contributed by atoms with Crippen molar-refractivity contribution in [3.8, 4) is 11.5 Å². The Morgan fingerprint density at radius 1 is 1.04 bits per heavy atom. The lowest BCUT2D eigenvalue weighted by Gasteiger charge is -2.27. The Morgan fingerprint density at radius 3 is 2.67 bits per heavy atom. The van der Waals surface area contributed by atoms with Gasteiger partial charge in [-0.15, -0.1) is 11.3 Å². The average Bonchev–Trinajstić information content (AvgIpc) is 3.00. The molecule has 1 N–H and O–H groups in total. The first-order valence-corrected chi connectivity index (χ1v) is 9.20. The van der Waals surface area contributed by atoms with E-state index >= 15 is 0 Å². The van der Waals surface area contributed by atoms with Crippen molar-refractivity contribution in [2.75, 3.05) is 10.2 Å². The maximum atomic E-state index is 12.8. The fraction of sp³-hybridized carbons (Fsp3) is 0.0500. The highest BCUT2D eigenvalue weighted by molar-refractivity contribution is 7.19. The molecule has 7 heteroatoms. The summed E-state index contributed by atoms with van der Waals surface area (Å²) in [5.74, 6) is 1.86. The van der Waals surface area contributed by atoms with Gasteiger partial charge in [0.15, 0.2) is 0 Å². The number of anilines is 3. The summed E-state index contributed by atoms with van der Waals surface area (Å²) in [7, 11) is 0. The largest absolute Gasteiger partial charge is 0.456 e. The van der Waals surface area contributed by atoms with Crippen molar-refractivity contribution >= 4 is 44.8 Å². The fourth-order valence-corrected chi connectivity index (χ4v) is 4.11. The molecule has 0 fully saturated rings. The third-order valence-corrected chi connectivity index (χ3v) is 5.36. The summed E-state index contributed by atoms with van der Waals surface area (Å²) in [5.41, 5.74) is 1.62. The van der Waals surface area contributed by atoms with Gasteiger partial charge in [0.2, 0.25) is 0 Å². The number of carbonyl (C=O) groups is 1. The van der Waals surface area contributed by atoms with Crippen molar-refractivity contribution in [1.82, 2.24) is 9.97 Å². The molecule has 1 aliphatic rings. The first kappa shape index (κ1) is 15.8. The average molecular weight is 374 g/mol. The molecule has 3 aromatic heterocycles. The van der Waals surface area contributed by atoms with Gasteiger partial charge in [0, 0.05) is 11.1 Å². The smallest absolute Gasteiger partial charge is 0.332 e. The van der Waals surface area contributed by atoms with Crippen LogP contribution in [-0.4, -0.2) is 16.0 Å². The van der Waals surface area contributed by atoms with E-state index in [2.05, 4.69) is 15.3 Å². The van der Waals surface area contributed by atoms with Crippen LogP contribution in [0, 0.1) is 6.92 Å². The van der Waals surface area contributed by atoms with Crippen molar-refractivity contribution in [3.63, 3.8) is 0 Å². The SMILES string of the molecule is Cc1sc2nccc3c2c1NC(=O)N3c1ccc(Oc2ccccc2)cn1. The Labute approximate surface area is 159 Å². The van der Waals surface area contributed by atoms with E-state index in [1.165, 1.54) is 0 Å². The Bertz CT molecular complexity index is 1160. The first-order valence-electron chi connectivity index (χ1n) is 8.39. The number of pyridine rings is 2. The molecular weight excluding hydrogens is 360 g/mol. The minimum atomic E-state index is -0.235. The Balaban J connectivity index is 1.53. The number of thiophene rings is 1. The van der Waals surface area contributed by atoms with Gasteiger partial charge in [-0.1, -0.05) is 18.2 Å². The molecule has 0 saturated heterocycles. The highest BCUT2D eigenvalue weighted by atomic mass is 32.1. The van der Waals surface area contributed by atoms with Crippen molar-refractivity contribution in [1.29, 1.82) is 0 Å². The van der Waals surface area contributed by atoms with Crippen LogP contribution >= 0.6 is 11.3 Å². The van der Waals surface area contributed by atoms with Crippen molar-refractivity contribution in [3.05, 3.63) is 65.8 Å². The minimum Gasteiger partial charge on any atom is -0.456 e. The lowest BCUT2D eigenvalue weighted by Crippen LogP contribution is -2.34. The Morgan fingerprint density at radius 2 is 1.89 bits per heavy atom. The molecule has 5 rings (SSSR count). The summed E-state index contributed by atoms with van der Waals surface area (Å²) in [6.07, 6.45) is 3.33. The lowest BCUT2D eigenvalue weighted by atomic mass is 10.1. The van der Waals surface area contributed by atoms with Gasteiger partial charge in [-0.05, 0) is 37.3 Å². The van der Waals surface area contributed by atoms with E-state index in [9.17, 15) is 4.79 Å². The zero-order valence-corrected chi connectivity index (χ0v) is 15.2. The normalized spacial score (nSPS) is 12.9. The van der Waals surface area contributed by atoms with Gasteiger partial charge < -0.3 is 10.1 Å². The van der Waals surface area contributed by atoms with E-state index in [4.69, 9.17) is 4.74 Å². The molecule has 0 bridgehead atoms. The van der Waals surface area contributed by atoms with Gasteiger partial charge in [-0.3, -0.25) is 0 Å². The van der Waals surface area contributed by atoms with Gasteiger partial charge in [-0.25, -0.2) is 19.7 Å². The molecule has 4 aromatic rings. The molecule has 1 aromatic carbocycles. The number of hydrogen-bond donors (Lipinski definition) is 1. The predicted molar refractivity (Wildman–Crippen MR) is 106 cm³/mol. The number of urea groups is 1. The van der Waals surface area contributed by atoms with E-state index in [1.54, 1.807) is 40.8 Å². The molecule has 0 aliphatic carbocycles. The molecule has 0 unspecified atom stereocenters. The molecule has 6 nitrogen and oxygen atoms in total. The molecular formula is C20H14N4O2S. The zero-order chi connectivity index (χ0) is 18.4. The Hall–Kier alpha value is -3.45. The number of ether oxygens (including phenoxy) is 1. The quantitative estimate of drug-likeness (QED) is 0.516. The van der Waals surface area contributed by atoms with Crippen LogP contribution in [0.25, 0.3) is 10.2 Å². The molecule has 0 spiro atoms. The molecule has 132 valence electrons. The van der Waals surface area contributed by atoms with Gasteiger partial charge >= 0.3 is 6.03 Å². The molecule has 4 heterocycles. The highest BCUT2D eigenvalue weighted by Gasteiger charge is 2.30. The number of para-hydroxylation sites is 1. The monoisotopic (exact) mass is 374 g/mol. The number of nitrogens with zero attached hydrogens (tertiary/aromatic N) is 3. The van der Waals surface area contributed by atoms with E-state index in [0.717, 1.165) is 32.2 Å². The highest BCUT2D eigenvalue weighted by Crippen LogP contribution is 2.44. The summed E-state index contributed by atoms with van der Waals surface area (Å²) < 4.78 is 5.77. The van der Waals surface area contributed by atoms with Gasteiger partial charge in [0.25, 0.3) is 0 Å². The number of rotatable bonds is 3. The Kier molecular flexibility index (Phi) is 3.54. The van der Waals surface area contributed by atoms with E-state index in [1.807, 2.05) is 43.3 Å². The molecule has 27 heavy (non-hydrogen) atoms. The predicted octanol–water partition coefficient (Wildman–Crippen LogP) is 5.48. The number of aryl methyl sites for hydroxylation is 1. The second-order valence-corrected chi connectivity index (χ2v) is 7.28. The first-order chi connectivity index (χ1) is 13.2. The number of carbonyl (C=O) groups excluding carboxylic acids is 1. The standard InChI is InChI=1S/C20H14N4O2S/c1-12-18-17-15(9-10-21-19(17)27-12)24(20(25)23-18)16-8-7-14(11-22-16)26-13-5-3-2-4-6-13/h2-11H,1H3,(H,23,25). The fourth-order valence-electron chi connectivity index (χ4n) is 3.14. The minimum absolute atomic E-state index is 0.235. The second-order valence-electron chi connectivity index (χ2n) is 6.08. The summed E-state index contributed by atoms with van der Waals surface area (Å²) >= 11 is 1.57. The van der Waals surface area contributed by atoms with Gasteiger partial charge in [0.05, 0.1) is 23.0 Å². The summed E-state index contributed by atoms with van der Waals surface area (Å²) in [6, 6.07) is 14.7. The van der Waals surface area contributed by atoms with Gasteiger partial charge in [0.1, 0.15) is 22.1 Å². The van der Waals surface area contributed by atoms with E-state index in [0.29, 0.717) is 11.6 Å². The number of hydrogen-bond acceptors (Lipinski definition) is 5. The molecule has 0 saturated carbocycles. The van der Waals surface area contributed by atoms with Crippen LogP contribution in [0.3, 0.4) is 0 Å². The molecule has 1 aliphatic heterocycles. The van der Waals surface area contributed by atoms with Crippen LogP contribution in [0.4, 0.5) is 22.0 Å². The van der Waals surface area contributed by atoms with Gasteiger partial charge in [-0.2, -0.15) is 0 Å². The van der Waals surface area contributed by atoms with Crippen LogP contribution in [0.1, 0.15) is 4.88 Å². The lowest BCUT2D eigenvalue weighted by molar-refractivity contribution is 0.258. The van der Waals surface area contributed by atoms with E-state index < -0.39 is 0 Å². The van der Waals surface area contributed by atoms with Crippen molar-refractivity contribution < 1.29 is 9.53 Å². The van der Waals surface area contributed by atoms with Crippen molar-refractivity contribution in [2.24, 2.45) is 0 Å². The zero-order valence-electron chi connectivity index (χ0n) is 14.3. The number of aromatic nitrogens is 2. The van der Waals surface area contributed by atoms with E-state index in [-0.39, 0.29) is 6.03 Å². The molecule has 2 amide bonds. The third-order valence-electron chi connectivity index (χ3n) is 4.35. The number of amides is 2. The topological polar surface area (TPSA) is 67.4 Å².